The number of aliphatic hydroxyl groups excluding tert-OH is 1. The number of ether oxygens (including phenoxy) is 2. The summed E-state index contributed by atoms with van der Waals surface area (Å²) in [5.74, 6) is 0.463. The van der Waals surface area contributed by atoms with E-state index in [9.17, 15) is 17.6 Å². The molecular weight excluding hydrogens is 476 g/mol. The van der Waals surface area contributed by atoms with Crippen LogP contribution in [0.1, 0.15) is 18.9 Å². The number of hydrogen-bond acceptors (Lipinski definition) is 7. The van der Waals surface area contributed by atoms with Crippen LogP contribution in [0, 0.1) is 12.7 Å². The van der Waals surface area contributed by atoms with Crippen molar-refractivity contribution >= 4 is 29.3 Å². The summed E-state index contributed by atoms with van der Waals surface area (Å²) in [5, 5.41) is 11.1. The predicted octanol–water partition coefficient (Wildman–Crippen LogP) is 5.24. The first-order valence-electron chi connectivity index (χ1n) is 10.1. The Bertz CT molecular complexity index is 928. The molecule has 1 heterocycles. The first-order chi connectivity index (χ1) is 16.2. The molecule has 1 aliphatic heterocycles. The third kappa shape index (κ3) is 10.4. The number of rotatable bonds is 8. The van der Waals surface area contributed by atoms with E-state index in [4.69, 9.17) is 14.6 Å². The molecule has 0 spiro atoms. The topological polar surface area (TPSA) is 80.2 Å². The third-order valence-electron chi connectivity index (χ3n) is 4.40. The number of halogens is 4. The van der Waals surface area contributed by atoms with Gasteiger partial charge in [-0.2, -0.15) is 0 Å². The lowest BCUT2D eigenvalue weighted by Gasteiger charge is -2.19. The smallest absolute Gasteiger partial charge is 0.487 e. The van der Waals surface area contributed by atoms with Gasteiger partial charge in [-0.25, -0.2) is 4.39 Å². The van der Waals surface area contributed by atoms with Crippen molar-refractivity contribution in [1.29, 1.82) is 0 Å². The minimum atomic E-state index is -4.74. The van der Waals surface area contributed by atoms with Crippen molar-refractivity contribution < 1.29 is 36.9 Å². The van der Waals surface area contributed by atoms with Crippen LogP contribution in [0.25, 0.3) is 0 Å². The quantitative estimate of drug-likeness (QED) is 0.479. The third-order valence-corrected chi connectivity index (χ3v) is 5.51. The van der Waals surface area contributed by atoms with E-state index in [-0.39, 0.29) is 36.0 Å². The van der Waals surface area contributed by atoms with Crippen molar-refractivity contribution in [3.63, 3.8) is 0 Å². The minimum Gasteiger partial charge on any atom is -0.487 e. The van der Waals surface area contributed by atoms with E-state index in [0.717, 1.165) is 35.6 Å². The summed E-state index contributed by atoms with van der Waals surface area (Å²) in [4.78, 5) is 12.6. The minimum absolute atomic E-state index is 0.0878. The molecule has 11 heteroatoms. The van der Waals surface area contributed by atoms with Gasteiger partial charge in [0.1, 0.15) is 35.8 Å². The molecule has 2 aromatic carbocycles. The van der Waals surface area contributed by atoms with Crippen LogP contribution in [0.4, 0.5) is 23.2 Å². The number of benzene rings is 2. The number of nitrogens with one attached hydrogen (secondary N) is 1. The van der Waals surface area contributed by atoms with Crippen molar-refractivity contribution in [2.45, 2.75) is 38.7 Å². The molecule has 34 heavy (non-hydrogen) atoms. The molecule has 3 rings (SSSR count). The average molecular weight is 505 g/mol. The fourth-order valence-corrected chi connectivity index (χ4v) is 4.02. The van der Waals surface area contributed by atoms with Gasteiger partial charge in [0.15, 0.2) is 0 Å². The molecule has 0 saturated carbocycles. The van der Waals surface area contributed by atoms with E-state index in [1.165, 1.54) is 30.3 Å². The van der Waals surface area contributed by atoms with Crippen LogP contribution in [0.5, 0.6) is 11.5 Å². The Morgan fingerprint density at radius 2 is 1.88 bits per heavy atom. The Labute approximate surface area is 200 Å². The highest BCUT2D eigenvalue weighted by Crippen LogP contribution is 2.28. The molecule has 1 aliphatic rings. The van der Waals surface area contributed by atoms with Crippen molar-refractivity contribution in [1.82, 2.24) is 0 Å². The first-order valence-corrected chi connectivity index (χ1v) is 11.1. The van der Waals surface area contributed by atoms with E-state index >= 15 is 0 Å². The van der Waals surface area contributed by atoms with Crippen LogP contribution < -0.4 is 14.8 Å². The van der Waals surface area contributed by atoms with E-state index in [1.54, 1.807) is 23.9 Å². The van der Waals surface area contributed by atoms with Crippen molar-refractivity contribution in [3.05, 3.63) is 53.8 Å². The molecule has 188 valence electrons. The van der Waals surface area contributed by atoms with E-state index in [1.807, 2.05) is 20.6 Å². The second-order valence-corrected chi connectivity index (χ2v) is 8.13. The Kier molecular flexibility index (Phi) is 12.4. The standard InChI is InChI=1S/C21H22F4N2O2S.CH4O.CH2O/c1-13-6-7-15(22)9-19(13)26-14(2)8-16-12-30-20(27-16)11-28-17-4-3-5-18(10-17)29-21(23,24)25;2*1-2/h3-7,9-10,14,16,26H,8,11-12H2,1-2H3;2H,1H3;1H2. The number of alkyl halides is 3. The van der Waals surface area contributed by atoms with Crippen molar-refractivity contribution in [2.24, 2.45) is 4.99 Å². The molecule has 2 N–H and O–H groups in total. The summed E-state index contributed by atoms with van der Waals surface area (Å²) in [6, 6.07) is 10.2. The number of thioether (sulfide) groups is 1. The monoisotopic (exact) mass is 504 g/mol. The molecule has 0 fully saturated rings. The van der Waals surface area contributed by atoms with Crippen molar-refractivity contribution in [3.8, 4) is 11.5 Å². The second kappa shape index (κ2) is 14.5. The van der Waals surface area contributed by atoms with Gasteiger partial charge in [-0.15, -0.1) is 24.9 Å². The lowest BCUT2D eigenvalue weighted by atomic mass is 10.1. The maximum absolute atomic E-state index is 13.4. The van der Waals surface area contributed by atoms with Crippen LogP contribution in [0.2, 0.25) is 0 Å². The summed E-state index contributed by atoms with van der Waals surface area (Å²) in [6.45, 7) is 6.12. The number of aliphatic hydroxyl groups is 1. The van der Waals surface area contributed by atoms with E-state index in [2.05, 4.69) is 15.0 Å². The molecular formula is C23H28F4N2O4S. The van der Waals surface area contributed by atoms with Gasteiger partial charge in [0.05, 0.1) is 6.04 Å². The fraction of sp³-hybridized carbons (Fsp3) is 0.391. The zero-order valence-corrected chi connectivity index (χ0v) is 19.9. The maximum Gasteiger partial charge on any atom is 0.573 e. The number of carbonyl (C=O) groups excluding carboxylic acids is 1. The van der Waals surface area contributed by atoms with Crippen molar-refractivity contribution in [2.75, 3.05) is 24.8 Å². The zero-order valence-electron chi connectivity index (χ0n) is 19.1. The van der Waals surface area contributed by atoms with Crippen LogP contribution in [0.3, 0.4) is 0 Å². The molecule has 0 radical (unpaired) electrons. The molecule has 0 aliphatic carbocycles. The predicted molar refractivity (Wildman–Crippen MR) is 126 cm³/mol. The Hall–Kier alpha value is -2.79. The molecule has 6 nitrogen and oxygen atoms in total. The summed E-state index contributed by atoms with van der Waals surface area (Å²) in [6.07, 6.45) is -3.98. The maximum atomic E-state index is 13.4. The molecule has 0 saturated heterocycles. The number of carbonyl (C=O) groups is 1. The highest BCUT2D eigenvalue weighted by Gasteiger charge is 2.31. The van der Waals surface area contributed by atoms with Gasteiger partial charge in [-0.3, -0.25) is 4.99 Å². The van der Waals surface area contributed by atoms with Gasteiger partial charge in [0.2, 0.25) is 0 Å². The first kappa shape index (κ1) is 29.2. The summed E-state index contributed by atoms with van der Waals surface area (Å²) >= 11 is 1.56. The summed E-state index contributed by atoms with van der Waals surface area (Å²) in [7, 11) is 1.00. The van der Waals surface area contributed by atoms with Crippen LogP contribution in [-0.4, -0.2) is 54.9 Å². The lowest BCUT2D eigenvalue weighted by molar-refractivity contribution is -0.274. The van der Waals surface area contributed by atoms with E-state index < -0.39 is 6.36 Å². The Morgan fingerprint density at radius 1 is 1.21 bits per heavy atom. The highest BCUT2D eigenvalue weighted by molar-refractivity contribution is 8.14. The molecule has 0 aromatic heterocycles. The van der Waals surface area contributed by atoms with E-state index in [0.29, 0.717) is 0 Å². The molecule has 0 bridgehead atoms. The number of nitrogens with zero attached hydrogens (tertiary/aromatic N) is 1. The number of aliphatic imine (C=N–C) groups is 1. The lowest BCUT2D eigenvalue weighted by Crippen LogP contribution is -2.22. The average Bonchev–Trinajstić information content (AvgIpc) is 3.24. The Balaban J connectivity index is 0.00000137. The normalized spacial score (nSPS) is 15.6. The summed E-state index contributed by atoms with van der Waals surface area (Å²) in [5.41, 5.74) is 1.74. The van der Waals surface area contributed by atoms with Gasteiger partial charge in [-0.1, -0.05) is 12.1 Å². The molecule has 0 amide bonds. The van der Waals surface area contributed by atoms with Gasteiger partial charge in [0, 0.05) is 30.7 Å². The molecule has 2 atom stereocenters. The van der Waals surface area contributed by atoms with Gasteiger partial charge >= 0.3 is 6.36 Å². The van der Waals surface area contributed by atoms with Crippen LogP contribution in [0.15, 0.2) is 47.5 Å². The largest absolute Gasteiger partial charge is 0.573 e. The van der Waals surface area contributed by atoms with Gasteiger partial charge in [-0.05, 0) is 50.1 Å². The van der Waals surface area contributed by atoms with Gasteiger partial charge in [0.25, 0.3) is 0 Å². The van der Waals surface area contributed by atoms with Crippen LogP contribution >= 0.6 is 11.8 Å². The fourth-order valence-electron chi connectivity index (χ4n) is 3.06. The number of aryl methyl sites for hydroxylation is 1. The highest BCUT2D eigenvalue weighted by atomic mass is 32.2. The molecule has 2 unspecified atom stereocenters. The number of anilines is 1. The zero-order chi connectivity index (χ0) is 25.7. The van der Waals surface area contributed by atoms with Crippen LogP contribution in [-0.2, 0) is 4.79 Å². The summed E-state index contributed by atoms with van der Waals surface area (Å²) < 4.78 is 59.9. The van der Waals surface area contributed by atoms with Gasteiger partial charge < -0.3 is 24.7 Å². The number of hydrogen-bond donors (Lipinski definition) is 2. The molecule has 2 aromatic rings. The Morgan fingerprint density at radius 3 is 2.56 bits per heavy atom. The SMILES string of the molecule is C=O.CO.Cc1ccc(F)cc1NC(C)CC1CSC(COc2cccc(OC(F)(F)F)c2)=N1. The second-order valence-electron chi connectivity index (χ2n) is 7.04.